The molecule has 1 saturated carbocycles. The van der Waals surface area contributed by atoms with Gasteiger partial charge in [0.25, 0.3) is 5.91 Å². The SMILES string of the molecule is CCc1ccccc1C(=O)N(C)C1CCCCC1CN. The van der Waals surface area contributed by atoms with Crippen LogP contribution in [0.2, 0.25) is 0 Å². The first-order valence-corrected chi connectivity index (χ1v) is 7.74. The summed E-state index contributed by atoms with van der Waals surface area (Å²) in [6.45, 7) is 2.77. The largest absolute Gasteiger partial charge is 0.338 e. The van der Waals surface area contributed by atoms with Gasteiger partial charge < -0.3 is 10.6 Å². The molecule has 2 atom stereocenters. The third kappa shape index (κ3) is 3.04. The molecule has 1 amide bonds. The maximum atomic E-state index is 12.8. The van der Waals surface area contributed by atoms with Gasteiger partial charge in [-0.05, 0) is 43.4 Å². The second-order valence-corrected chi connectivity index (χ2v) is 5.77. The average molecular weight is 274 g/mol. The highest BCUT2D eigenvalue weighted by Crippen LogP contribution is 2.28. The van der Waals surface area contributed by atoms with E-state index in [1.165, 1.54) is 12.8 Å². The normalized spacial score (nSPS) is 22.6. The van der Waals surface area contributed by atoms with E-state index in [1.807, 2.05) is 36.2 Å². The molecule has 1 aromatic rings. The third-order valence-corrected chi connectivity index (χ3v) is 4.62. The molecule has 1 aliphatic carbocycles. The smallest absolute Gasteiger partial charge is 0.254 e. The van der Waals surface area contributed by atoms with Gasteiger partial charge in [-0.3, -0.25) is 4.79 Å². The van der Waals surface area contributed by atoms with Crippen LogP contribution in [0.25, 0.3) is 0 Å². The Morgan fingerprint density at radius 2 is 2.00 bits per heavy atom. The maximum Gasteiger partial charge on any atom is 0.254 e. The highest BCUT2D eigenvalue weighted by atomic mass is 16.2. The summed E-state index contributed by atoms with van der Waals surface area (Å²) in [5.41, 5.74) is 7.86. The van der Waals surface area contributed by atoms with Crippen molar-refractivity contribution in [2.75, 3.05) is 13.6 Å². The number of benzene rings is 1. The van der Waals surface area contributed by atoms with Crippen LogP contribution < -0.4 is 5.73 Å². The lowest BCUT2D eigenvalue weighted by molar-refractivity contribution is 0.0619. The first-order chi connectivity index (χ1) is 9.69. The predicted molar refractivity (Wildman–Crippen MR) is 82.7 cm³/mol. The van der Waals surface area contributed by atoms with E-state index in [9.17, 15) is 4.79 Å². The van der Waals surface area contributed by atoms with E-state index < -0.39 is 0 Å². The monoisotopic (exact) mass is 274 g/mol. The lowest BCUT2D eigenvalue weighted by Crippen LogP contribution is -2.46. The summed E-state index contributed by atoms with van der Waals surface area (Å²) >= 11 is 0. The maximum absolute atomic E-state index is 12.8. The molecule has 1 aromatic carbocycles. The molecule has 20 heavy (non-hydrogen) atoms. The summed E-state index contributed by atoms with van der Waals surface area (Å²) in [4.78, 5) is 14.7. The van der Waals surface area contributed by atoms with Gasteiger partial charge in [-0.25, -0.2) is 0 Å². The number of carbonyl (C=O) groups is 1. The number of hydrogen-bond donors (Lipinski definition) is 1. The zero-order valence-corrected chi connectivity index (χ0v) is 12.6. The van der Waals surface area contributed by atoms with Crippen molar-refractivity contribution < 1.29 is 4.79 Å². The van der Waals surface area contributed by atoms with E-state index in [0.717, 1.165) is 30.4 Å². The molecular formula is C17H26N2O. The lowest BCUT2D eigenvalue weighted by atomic mass is 9.83. The molecule has 3 nitrogen and oxygen atoms in total. The average Bonchev–Trinajstić information content (AvgIpc) is 2.53. The van der Waals surface area contributed by atoms with Crippen LogP contribution in [0.3, 0.4) is 0 Å². The summed E-state index contributed by atoms with van der Waals surface area (Å²) < 4.78 is 0. The number of rotatable bonds is 4. The highest BCUT2D eigenvalue weighted by molar-refractivity contribution is 5.95. The molecule has 1 aliphatic rings. The molecule has 0 heterocycles. The van der Waals surface area contributed by atoms with E-state index in [0.29, 0.717) is 18.5 Å². The Bertz CT molecular complexity index is 458. The minimum atomic E-state index is 0.146. The molecule has 3 heteroatoms. The van der Waals surface area contributed by atoms with Gasteiger partial charge in [0.05, 0.1) is 0 Å². The molecular weight excluding hydrogens is 248 g/mol. The van der Waals surface area contributed by atoms with Gasteiger partial charge in [0.2, 0.25) is 0 Å². The van der Waals surface area contributed by atoms with E-state index in [2.05, 4.69) is 6.92 Å². The van der Waals surface area contributed by atoms with Crippen molar-refractivity contribution in [2.24, 2.45) is 11.7 Å². The highest BCUT2D eigenvalue weighted by Gasteiger charge is 2.30. The van der Waals surface area contributed by atoms with Crippen LogP contribution in [0.1, 0.15) is 48.5 Å². The molecule has 1 fully saturated rings. The van der Waals surface area contributed by atoms with Gasteiger partial charge in [-0.15, -0.1) is 0 Å². The zero-order chi connectivity index (χ0) is 14.5. The van der Waals surface area contributed by atoms with Crippen molar-refractivity contribution in [1.29, 1.82) is 0 Å². The van der Waals surface area contributed by atoms with Crippen LogP contribution in [-0.2, 0) is 6.42 Å². The number of carbonyl (C=O) groups excluding carboxylic acids is 1. The first kappa shape index (κ1) is 15.0. The minimum Gasteiger partial charge on any atom is -0.338 e. The summed E-state index contributed by atoms with van der Waals surface area (Å²) in [5, 5.41) is 0. The topological polar surface area (TPSA) is 46.3 Å². The molecule has 0 saturated heterocycles. The second kappa shape index (κ2) is 6.89. The standard InChI is InChI=1S/C17H26N2O/c1-3-13-8-4-6-10-15(13)17(20)19(2)16-11-7-5-9-14(16)12-18/h4,6,8,10,14,16H,3,5,7,9,11-12,18H2,1-2H3. The summed E-state index contributed by atoms with van der Waals surface area (Å²) in [5.74, 6) is 0.597. The minimum absolute atomic E-state index is 0.146. The number of nitrogens with two attached hydrogens (primary N) is 1. The summed E-state index contributed by atoms with van der Waals surface area (Å²) in [7, 11) is 1.94. The Morgan fingerprint density at radius 3 is 2.70 bits per heavy atom. The van der Waals surface area contributed by atoms with E-state index in [4.69, 9.17) is 5.73 Å². The molecule has 0 bridgehead atoms. The fourth-order valence-corrected chi connectivity index (χ4v) is 3.35. The van der Waals surface area contributed by atoms with Gasteiger partial charge in [-0.1, -0.05) is 38.0 Å². The molecule has 2 rings (SSSR count). The van der Waals surface area contributed by atoms with Gasteiger partial charge in [0.15, 0.2) is 0 Å². The number of nitrogens with zero attached hydrogens (tertiary/aromatic N) is 1. The van der Waals surface area contributed by atoms with Crippen molar-refractivity contribution >= 4 is 5.91 Å². The summed E-state index contributed by atoms with van der Waals surface area (Å²) in [6.07, 6.45) is 5.56. The van der Waals surface area contributed by atoms with Crippen LogP contribution in [-0.4, -0.2) is 30.4 Å². The molecule has 0 spiro atoms. The predicted octanol–water partition coefficient (Wildman–Crippen LogP) is 2.84. The fourth-order valence-electron chi connectivity index (χ4n) is 3.35. The summed E-state index contributed by atoms with van der Waals surface area (Å²) in [6, 6.07) is 8.23. The quantitative estimate of drug-likeness (QED) is 0.917. The van der Waals surface area contributed by atoms with Crippen LogP contribution >= 0.6 is 0 Å². The van der Waals surface area contributed by atoms with Crippen LogP contribution in [0, 0.1) is 5.92 Å². The third-order valence-electron chi connectivity index (χ3n) is 4.62. The van der Waals surface area contributed by atoms with Crippen molar-refractivity contribution in [1.82, 2.24) is 4.90 Å². The fraction of sp³-hybridized carbons (Fsp3) is 0.588. The van der Waals surface area contributed by atoms with Crippen LogP contribution in [0.5, 0.6) is 0 Å². The van der Waals surface area contributed by atoms with Crippen molar-refractivity contribution in [3.8, 4) is 0 Å². The van der Waals surface area contributed by atoms with Gasteiger partial charge in [-0.2, -0.15) is 0 Å². The number of aryl methyl sites for hydroxylation is 1. The van der Waals surface area contributed by atoms with Gasteiger partial charge >= 0.3 is 0 Å². The first-order valence-electron chi connectivity index (χ1n) is 7.74. The Balaban J connectivity index is 2.19. The Hall–Kier alpha value is -1.35. The van der Waals surface area contributed by atoms with E-state index >= 15 is 0 Å². The molecule has 0 radical (unpaired) electrons. The van der Waals surface area contributed by atoms with Crippen LogP contribution in [0.4, 0.5) is 0 Å². The van der Waals surface area contributed by atoms with Gasteiger partial charge in [0, 0.05) is 18.7 Å². The Kier molecular flexibility index (Phi) is 5.18. The molecule has 2 N–H and O–H groups in total. The molecule has 2 unspecified atom stereocenters. The van der Waals surface area contributed by atoms with E-state index in [-0.39, 0.29) is 5.91 Å². The molecule has 0 aliphatic heterocycles. The number of amides is 1. The van der Waals surface area contributed by atoms with Crippen molar-refractivity contribution in [3.63, 3.8) is 0 Å². The Labute approximate surface area is 122 Å². The van der Waals surface area contributed by atoms with Crippen molar-refractivity contribution in [3.05, 3.63) is 35.4 Å². The lowest BCUT2D eigenvalue weighted by Gasteiger charge is -2.37. The second-order valence-electron chi connectivity index (χ2n) is 5.77. The van der Waals surface area contributed by atoms with Crippen molar-refractivity contribution in [2.45, 2.75) is 45.1 Å². The molecule has 0 aromatic heterocycles. The van der Waals surface area contributed by atoms with Gasteiger partial charge in [0.1, 0.15) is 0 Å². The van der Waals surface area contributed by atoms with Crippen LogP contribution in [0.15, 0.2) is 24.3 Å². The Morgan fingerprint density at radius 1 is 1.30 bits per heavy atom. The zero-order valence-electron chi connectivity index (χ0n) is 12.6. The van der Waals surface area contributed by atoms with E-state index in [1.54, 1.807) is 0 Å². The molecule has 110 valence electrons. The number of hydrogen-bond acceptors (Lipinski definition) is 2.